The molecule has 1 aromatic heterocycles. The van der Waals surface area contributed by atoms with Gasteiger partial charge in [0.25, 0.3) is 5.91 Å². The van der Waals surface area contributed by atoms with Crippen molar-refractivity contribution < 1.29 is 9.52 Å². The predicted octanol–water partition coefficient (Wildman–Crippen LogP) is 2.98. The summed E-state index contributed by atoms with van der Waals surface area (Å²) >= 11 is 0. The van der Waals surface area contributed by atoms with Crippen LogP contribution in [0.2, 0.25) is 0 Å². The van der Waals surface area contributed by atoms with E-state index in [0.29, 0.717) is 16.2 Å². The first-order valence-corrected chi connectivity index (χ1v) is 7.78. The molecule has 0 spiro atoms. The van der Waals surface area contributed by atoms with Crippen LogP contribution >= 0.6 is 0 Å². The van der Waals surface area contributed by atoms with Crippen LogP contribution in [-0.2, 0) is 0 Å². The number of hydrogen-bond acceptors (Lipinski definition) is 2. The molecular weight excluding hydrogens is 276 g/mol. The quantitative estimate of drug-likeness (QED) is 0.696. The van der Waals surface area contributed by atoms with E-state index in [4.69, 9.17) is 0 Å². The minimum Gasteiger partial charge on any atom is -0.619 e. The second-order valence-corrected chi connectivity index (χ2v) is 5.85. The van der Waals surface area contributed by atoms with Crippen LogP contribution in [-0.4, -0.2) is 5.91 Å². The molecule has 0 unspecified atom stereocenters. The molecule has 1 fully saturated rings. The van der Waals surface area contributed by atoms with Gasteiger partial charge in [-0.3, -0.25) is 4.79 Å². The summed E-state index contributed by atoms with van der Waals surface area (Å²) in [6.45, 7) is 0. The smallest absolute Gasteiger partial charge is 0.252 e. The number of nitrogens with zero attached hydrogens (tertiary/aromatic N) is 1. The normalized spacial score (nSPS) is 16.4. The van der Waals surface area contributed by atoms with Crippen LogP contribution in [0.15, 0.2) is 54.9 Å². The van der Waals surface area contributed by atoms with Crippen LogP contribution in [0.25, 0.3) is 0 Å². The van der Waals surface area contributed by atoms with Gasteiger partial charge in [-0.15, -0.1) is 0 Å². The molecule has 114 valence electrons. The summed E-state index contributed by atoms with van der Waals surface area (Å²) in [4.78, 5) is 12.5. The fourth-order valence-corrected chi connectivity index (χ4v) is 3.21. The molecule has 22 heavy (non-hydrogen) atoms. The van der Waals surface area contributed by atoms with Crippen molar-refractivity contribution in [3.63, 3.8) is 0 Å². The summed E-state index contributed by atoms with van der Waals surface area (Å²) in [5, 5.41) is 14.2. The standard InChI is InChI=1S/C18H20N2O2/c21-18(16-10-12-20(22)13-11-16)19-17(15-8-4-5-9-15)14-6-2-1-3-7-14/h1-3,6-7,10-13,15,17H,4-5,8-9H2,(H,19,21)/t17-/m1/s1. The molecule has 0 saturated heterocycles. The zero-order valence-electron chi connectivity index (χ0n) is 12.4. The highest BCUT2D eigenvalue weighted by Crippen LogP contribution is 2.35. The molecule has 3 rings (SSSR count). The van der Waals surface area contributed by atoms with E-state index >= 15 is 0 Å². The number of hydrogen-bond donors (Lipinski definition) is 1. The number of carbonyl (C=O) groups excluding carboxylic acids is 1. The number of carbonyl (C=O) groups is 1. The van der Waals surface area contributed by atoms with Gasteiger partial charge in [0.15, 0.2) is 12.4 Å². The Morgan fingerprint density at radius 3 is 2.36 bits per heavy atom. The maximum absolute atomic E-state index is 12.5. The molecular formula is C18H20N2O2. The number of aromatic nitrogens is 1. The third kappa shape index (κ3) is 3.27. The van der Waals surface area contributed by atoms with Crippen molar-refractivity contribution in [3.8, 4) is 0 Å². The van der Waals surface area contributed by atoms with Gasteiger partial charge in [0.1, 0.15) is 0 Å². The number of amides is 1. The molecule has 2 aromatic rings. The molecule has 0 aliphatic heterocycles. The molecule has 4 heteroatoms. The van der Waals surface area contributed by atoms with Gasteiger partial charge in [0.2, 0.25) is 0 Å². The maximum Gasteiger partial charge on any atom is 0.252 e. The largest absolute Gasteiger partial charge is 0.619 e. The Morgan fingerprint density at radius 1 is 1.09 bits per heavy atom. The minimum absolute atomic E-state index is 0.0378. The molecule has 1 atom stereocenters. The zero-order chi connectivity index (χ0) is 15.4. The van der Waals surface area contributed by atoms with Crippen LogP contribution in [0.4, 0.5) is 0 Å². The van der Waals surface area contributed by atoms with E-state index in [1.807, 2.05) is 18.2 Å². The highest BCUT2D eigenvalue weighted by atomic mass is 16.5. The lowest BCUT2D eigenvalue weighted by molar-refractivity contribution is -0.605. The number of benzene rings is 1. The first-order valence-electron chi connectivity index (χ1n) is 7.78. The molecule has 1 heterocycles. The summed E-state index contributed by atoms with van der Waals surface area (Å²) in [5.41, 5.74) is 1.67. The van der Waals surface area contributed by atoms with Crippen molar-refractivity contribution in [2.75, 3.05) is 0 Å². The van der Waals surface area contributed by atoms with E-state index < -0.39 is 0 Å². The fraction of sp³-hybridized carbons (Fsp3) is 0.333. The van der Waals surface area contributed by atoms with E-state index in [0.717, 1.165) is 18.4 Å². The summed E-state index contributed by atoms with van der Waals surface area (Å²) in [6.07, 6.45) is 7.45. The van der Waals surface area contributed by atoms with Crippen LogP contribution in [0.3, 0.4) is 0 Å². The van der Waals surface area contributed by atoms with E-state index in [1.165, 1.54) is 25.2 Å². The Labute approximate surface area is 130 Å². The van der Waals surface area contributed by atoms with Crippen molar-refractivity contribution in [1.29, 1.82) is 0 Å². The molecule has 4 nitrogen and oxygen atoms in total. The van der Waals surface area contributed by atoms with Crippen LogP contribution < -0.4 is 10.0 Å². The van der Waals surface area contributed by atoms with Gasteiger partial charge in [-0.25, -0.2) is 0 Å². The molecule has 1 aromatic carbocycles. The fourth-order valence-electron chi connectivity index (χ4n) is 3.21. The first-order chi connectivity index (χ1) is 10.7. The van der Waals surface area contributed by atoms with E-state index in [9.17, 15) is 10.0 Å². The first kappa shape index (κ1) is 14.6. The van der Waals surface area contributed by atoms with Gasteiger partial charge in [-0.2, -0.15) is 4.73 Å². The van der Waals surface area contributed by atoms with Gasteiger partial charge in [0, 0.05) is 12.1 Å². The van der Waals surface area contributed by atoms with E-state index in [1.54, 1.807) is 12.1 Å². The lowest BCUT2D eigenvalue weighted by Gasteiger charge is -2.25. The average Bonchev–Trinajstić information content (AvgIpc) is 3.08. The molecule has 0 radical (unpaired) electrons. The zero-order valence-corrected chi connectivity index (χ0v) is 12.4. The summed E-state index contributed by atoms with van der Waals surface area (Å²) in [5.74, 6) is 0.362. The summed E-state index contributed by atoms with van der Waals surface area (Å²) < 4.78 is 0.683. The molecule has 1 amide bonds. The van der Waals surface area contributed by atoms with Crippen LogP contribution in [0, 0.1) is 11.1 Å². The second kappa shape index (κ2) is 6.60. The maximum atomic E-state index is 12.5. The molecule has 1 aliphatic carbocycles. The number of nitrogens with one attached hydrogen (secondary N) is 1. The van der Waals surface area contributed by atoms with Gasteiger partial charge in [-0.1, -0.05) is 43.2 Å². The monoisotopic (exact) mass is 296 g/mol. The van der Waals surface area contributed by atoms with Crippen molar-refractivity contribution >= 4 is 5.91 Å². The Bertz CT molecular complexity index is 619. The van der Waals surface area contributed by atoms with Gasteiger partial charge in [-0.05, 0) is 24.3 Å². The highest BCUT2D eigenvalue weighted by Gasteiger charge is 2.28. The second-order valence-electron chi connectivity index (χ2n) is 5.85. The third-order valence-corrected chi connectivity index (χ3v) is 4.38. The summed E-state index contributed by atoms with van der Waals surface area (Å²) in [6, 6.07) is 13.3. The lowest BCUT2D eigenvalue weighted by atomic mass is 9.91. The molecule has 1 aliphatic rings. The van der Waals surface area contributed by atoms with Crippen molar-refractivity contribution in [1.82, 2.24) is 5.32 Å². The Kier molecular flexibility index (Phi) is 4.37. The predicted molar refractivity (Wildman–Crippen MR) is 84.0 cm³/mol. The van der Waals surface area contributed by atoms with Gasteiger partial charge >= 0.3 is 0 Å². The topological polar surface area (TPSA) is 56.0 Å². The summed E-state index contributed by atoms with van der Waals surface area (Å²) in [7, 11) is 0. The highest BCUT2D eigenvalue weighted by molar-refractivity contribution is 5.94. The Hall–Kier alpha value is -2.36. The SMILES string of the molecule is O=C(N[C@H](c1ccccc1)C1CCCC1)c1cc[n+]([O-])cc1. The van der Waals surface area contributed by atoms with Crippen LogP contribution in [0.5, 0.6) is 0 Å². The Balaban J connectivity index is 1.80. The number of pyridine rings is 1. The van der Waals surface area contributed by atoms with Crippen molar-refractivity contribution in [2.45, 2.75) is 31.7 Å². The Morgan fingerprint density at radius 2 is 1.73 bits per heavy atom. The van der Waals surface area contributed by atoms with E-state index in [2.05, 4.69) is 17.4 Å². The van der Waals surface area contributed by atoms with Gasteiger partial charge < -0.3 is 10.5 Å². The minimum atomic E-state index is -0.124. The molecule has 0 bridgehead atoms. The van der Waals surface area contributed by atoms with Gasteiger partial charge in [0.05, 0.1) is 11.6 Å². The van der Waals surface area contributed by atoms with Crippen molar-refractivity contribution in [3.05, 3.63) is 71.2 Å². The third-order valence-electron chi connectivity index (χ3n) is 4.38. The van der Waals surface area contributed by atoms with Crippen LogP contribution in [0.1, 0.15) is 47.6 Å². The molecule has 1 N–H and O–H groups in total. The molecule has 1 saturated carbocycles. The average molecular weight is 296 g/mol. The lowest BCUT2D eigenvalue weighted by Crippen LogP contribution is -2.33. The van der Waals surface area contributed by atoms with Crippen molar-refractivity contribution in [2.24, 2.45) is 5.92 Å². The number of rotatable bonds is 4. The van der Waals surface area contributed by atoms with E-state index in [-0.39, 0.29) is 11.9 Å².